The van der Waals surface area contributed by atoms with Crippen LogP contribution in [-0.2, 0) is 29.4 Å². The Hall–Kier alpha value is -2.46. The maximum absolute atomic E-state index is 13.0. The lowest BCUT2D eigenvalue weighted by Gasteiger charge is -2.20. The minimum absolute atomic E-state index is 0.0163. The van der Waals surface area contributed by atoms with Crippen molar-refractivity contribution in [2.24, 2.45) is 0 Å². The number of nitro benzene ring substituents is 1. The van der Waals surface area contributed by atoms with Gasteiger partial charge in [-0.05, 0) is 44.7 Å². The summed E-state index contributed by atoms with van der Waals surface area (Å²) in [5.41, 5.74) is 2.29. The van der Waals surface area contributed by atoms with Crippen molar-refractivity contribution in [1.82, 2.24) is 13.9 Å². The average molecular weight is 462 g/mol. The first kappa shape index (κ1) is 22.7. The van der Waals surface area contributed by atoms with E-state index in [1.165, 1.54) is 22.5 Å². The number of nitro groups is 1. The highest BCUT2D eigenvalue weighted by molar-refractivity contribution is 7.89. The average Bonchev–Trinajstić information content (AvgIpc) is 2.94. The summed E-state index contributed by atoms with van der Waals surface area (Å²) in [7, 11) is -3.74. The van der Waals surface area contributed by atoms with Gasteiger partial charge in [0, 0.05) is 50.8 Å². The van der Waals surface area contributed by atoms with Gasteiger partial charge >= 0.3 is 0 Å². The van der Waals surface area contributed by atoms with Crippen LogP contribution in [0, 0.1) is 17.0 Å². The number of nitrogens with zero attached hydrogens (tertiary/aromatic N) is 4. The molecule has 10 heteroatoms. The van der Waals surface area contributed by atoms with E-state index in [2.05, 4.69) is 14.9 Å². The Morgan fingerprint density at radius 3 is 2.53 bits per heavy atom. The summed E-state index contributed by atoms with van der Waals surface area (Å²) in [6.45, 7) is 4.40. The van der Waals surface area contributed by atoms with Crippen LogP contribution in [-0.4, -0.2) is 46.8 Å². The predicted octanol–water partition coefficient (Wildman–Crippen LogP) is 3.66. The molecule has 32 heavy (non-hydrogen) atoms. The van der Waals surface area contributed by atoms with Crippen molar-refractivity contribution in [3.05, 3.63) is 45.5 Å². The predicted molar refractivity (Wildman–Crippen MR) is 122 cm³/mol. The highest BCUT2D eigenvalue weighted by atomic mass is 32.2. The van der Waals surface area contributed by atoms with E-state index in [1.807, 2.05) is 6.92 Å². The van der Waals surface area contributed by atoms with Crippen LogP contribution in [0.3, 0.4) is 0 Å². The van der Waals surface area contributed by atoms with Crippen molar-refractivity contribution in [1.29, 1.82) is 0 Å². The van der Waals surface area contributed by atoms with Gasteiger partial charge in [0.25, 0.3) is 5.69 Å². The second-order valence-electron chi connectivity index (χ2n) is 8.60. The Morgan fingerprint density at radius 1 is 1.09 bits per heavy atom. The highest BCUT2D eigenvalue weighted by Gasteiger charge is 2.28. The lowest BCUT2D eigenvalue weighted by molar-refractivity contribution is -0.384. The number of hydrogen-bond donors (Lipinski definition) is 1. The number of nitrogens with one attached hydrogen (secondary N) is 1. The van der Waals surface area contributed by atoms with Gasteiger partial charge in [-0.25, -0.2) is 13.4 Å². The molecule has 0 unspecified atom stereocenters. The van der Waals surface area contributed by atoms with Gasteiger partial charge in [0.15, 0.2) is 0 Å². The molecule has 2 aliphatic heterocycles. The molecule has 0 saturated carbocycles. The molecule has 0 amide bonds. The third-order valence-electron chi connectivity index (χ3n) is 6.43. The van der Waals surface area contributed by atoms with Gasteiger partial charge in [-0.15, -0.1) is 0 Å². The molecule has 4 rings (SSSR count). The second-order valence-corrected chi connectivity index (χ2v) is 10.5. The number of benzene rings is 1. The van der Waals surface area contributed by atoms with E-state index in [-0.39, 0.29) is 10.6 Å². The molecule has 0 spiro atoms. The molecular weight excluding hydrogens is 430 g/mol. The molecule has 2 aliphatic rings. The molecule has 1 aromatic carbocycles. The number of aryl methyl sites for hydroxylation is 2. The third kappa shape index (κ3) is 4.66. The van der Waals surface area contributed by atoms with E-state index in [4.69, 9.17) is 0 Å². The van der Waals surface area contributed by atoms with Gasteiger partial charge in [0.1, 0.15) is 11.5 Å². The summed E-state index contributed by atoms with van der Waals surface area (Å²) < 4.78 is 29.8. The monoisotopic (exact) mass is 461 g/mol. The molecule has 1 N–H and O–H groups in total. The lowest BCUT2D eigenvalue weighted by atomic mass is 10.1. The lowest BCUT2D eigenvalue weighted by Crippen LogP contribution is -2.32. The minimum atomic E-state index is -3.74. The van der Waals surface area contributed by atoms with Crippen LogP contribution >= 0.6 is 0 Å². The van der Waals surface area contributed by atoms with E-state index in [1.54, 1.807) is 0 Å². The topological polar surface area (TPSA) is 110 Å². The number of anilines is 1. The fraction of sp³-hybridized carbons (Fsp3) is 0.591. The normalized spacial score (nSPS) is 17.5. The third-order valence-corrected chi connectivity index (χ3v) is 8.32. The smallest absolute Gasteiger partial charge is 0.293 e. The quantitative estimate of drug-likeness (QED) is 0.498. The molecule has 0 bridgehead atoms. The van der Waals surface area contributed by atoms with Gasteiger partial charge in [-0.1, -0.05) is 12.8 Å². The zero-order chi connectivity index (χ0) is 22.7. The molecular formula is C22H31N5O4S. The van der Waals surface area contributed by atoms with Crippen molar-refractivity contribution >= 4 is 21.4 Å². The van der Waals surface area contributed by atoms with Crippen LogP contribution < -0.4 is 5.32 Å². The molecule has 9 nitrogen and oxygen atoms in total. The first-order chi connectivity index (χ1) is 15.4. The number of rotatable bonds is 7. The van der Waals surface area contributed by atoms with Gasteiger partial charge in [0.05, 0.1) is 15.5 Å². The Bertz CT molecular complexity index is 1090. The fourth-order valence-corrected chi connectivity index (χ4v) is 6.25. The SMILES string of the molecule is Cc1nc2n(c1CCNc1ccc(S(=O)(=O)N3CCCCCC3)cc1[N+](=O)[O-])CCCC2. The van der Waals surface area contributed by atoms with Crippen LogP contribution in [0.1, 0.15) is 55.7 Å². The molecule has 0 radical (unpaired) electrons. The molecule has 0 aliphatic carbocycles. The van der Waals surface area contributed by atoms with E-state index in [9.17, 15) is 18.5 Å². The zero-order valence-electron chi connectivity index (χ0n) is 18.5. The standard InChI is InChI=1S/C22H31N5O4S/c1-17-20(26-15-7-4-8-22(26)24-17)11-12-23-19-10-9-18(16-21(19)27(28)29)32(30,31)25-13-5-2-3-6-14-25/h9-10,16,23H,2-8,11-15H2,1H3. The number of aromatic nitrogens is 2. The van der Waals surface area contributed by atoms with E-state index in [0.29, 0.717) is 31.7 Å². The maximum atomic E-state index is 13.0. The number of sulfonamides is 1. The van der Waals surface area contributed by atoms with Crippen LogP contribution in [0.5, 0.6) is 0 Å². The first-order valence-electron chi connectivity index (χ1n) is 11.5. The molecule has 1 fully saturated rings. The van der Waals surface area contributed by atoms with Crippen molar-refractivity contribution in [2.45, 2.75) is 69.7 Å². The summed E-state index contributed by atoms with van der Waals surface area (Å²) in [5, 5.41) is 14.9. The van der Waals surface area contributed by atoms with Gasteiger partial charge < -0.3 is 9.88 Å². The van der Waals surface area contributed by atoms with Crippen molar-refractivity contribution in [3.63, 3.8) is 0 Å². The largest absolute Gasteiger partial charge is 0.379 e. The number of imidazole rings is 1. The molecule has 2 aromatic rings. The zero-order valence-corrected chi connectivity index (χ0v) is 19.4. The Morgan fingerprint density at radius 2 is 1.81 bits per heavy atom. The maximum Gasteiger partial charge on any atom is 0.293 e. The van der Waals surface area contributed by atoms with E-state index in [0.717, 1.165) is 68.7 Å². The van der Waals surface area contributed by atoms with Gasteiger partial charge in [-0.3, -0.25) is 10.1 Å². The van der Waals surface area contributed by atoms with Crippen molar-refractivity contribution < 1.29 is 13.3 Å². The van der Waals surface area contributed by atoms with Gasteiger partial charge in [-0.2, -0.15) is 4.31 Å². The molecule has 1 aromatic heterocycles. The Balaban J connectivity index is 1.50. The summed E-state index contributed by atoms with van der Waals surface area (Å²) in [4.78, 5) is 15.8. The number of fused-ring (bicyclic) bond motifs is 1. The second kappa shape index (κ2) is 9.58. The summed E-state index contributed by atoms with van der Waals surface area (Å²) in [6.07, 6.45) is 7.65. The van der Waals surface area contributed by atoms with Crippen LogP contribution in [0.25, 0.3) is 0 Å². The summed E-state index contributed by atoms with van der Waals surface area (Å²) >= 11 is 0. The Labute approximate surface area is 189 Å². The van der Waals surface area contributed by atoms with Crippen molar-refractivity contribution in [3.8, 4) is 0 Å². The van der Waals surface area contributed by atoms with Crippen LogP contribution in [0.4, 0.5) is 11.4 Å². The van der Waals surface area contributed by atoms with Gasteiger partial charge in [0.2, 0.25) is 10.0 Å². The van der Waals surface area contributed by atoms with E-state index >= 15 is 0 Å². The minimum Gasteiger partial charge on any atom is -0.379 e. The Kier molecular flexibility index (Phi) is 6.80. The molecule has 174 valence electrons. The van der Waals surface area contributed by atoms with Crippen LogP contribution in [0.2, 0.25) is 0 Å². The van der Waals surface area contributed by atoms with Crippen LogP contribution in [0.15, 0.2) is 23.1 Å². The van der Waals surface area contributed by atoms with E-state index < -0.39 is 14.9 Å². The first-order valence-corrected chi connectivity index (χ1v) is 12.9. The van der Waals surface area contributed by atoms with Crippen molar-refractivity contribution in [2.75, 3.05) is 25.0 Å². The summed E-state index contributed by atoms with van der Waals surface area (Å²) in [5.74, 6) is 1.12. The molecule has 0 atom stereocenters. The summed E-state index contributed by atoms with van der Waals surface area (Å²) in [6, 6.07) is 4.18. The highest BCUT2D eigenvalue weighted by Crippen LogP contribution is 2.30. The molecule has 3 heterocycles. The molecule has 1 saturated heterocycles. The fourth-order valence-electron chi connectivity index (χ4n) is 4.71. The number of hydrogen-bond acceptors (Lipinski definition) is 6.